The molecule has 1 aromatic carbocycles. The molecule has 5 nitrogen and oxygen atoms in total. The molecule has 3 saturated heterocycles. The Morgan fingerprint density at radius 1 is 1.05 bits per heavy atom. The number of halogens is 3. The lowest BCUT2D eigenvalue weighted by Crippen LogP contribution is -2.59. The highest BCUT2D eigenvalue weighted by atomic mass is 19.4. The van der Waals surface area contributed by atoms with Crippen molar-refractivity contribution in [1.82, 2.24) is 15.6 Å². The van der Waals surface area contributed by atoms with Gasteiger partial charge < -0.3 is 15.2 Å². The van der Waals surface area contributed by atoms with Gasteiger partial charge in [-0.3, -0.25) is 4.79 Å². The van der Waals surface area contributed by atoms with Gasteiger partial charge in [0.05, 0.1) is 23.6 Å². The Hall–Kier alpha value is -2.06. The molecule has 0 radical (unpaired) electrons. The standard InChI is InChI=1S/C31H43F3N4O/c1-18(2)29-24(19(3)31(32,33)34)16-22(17-35-29)30(39)37-15-14-27-28-25(6-4-5-7-26(28)37)36-38(27)23-12-10-21(11-13-23)20-8-9-20/h10-13,19-20,22,24-29,35-36H,1,4-9,14-17H2,2-3H3/t19?,22?,24?,25?,26-,27?,28?,29?/m0/s1. The van der Waals surface area contributed by atoms with E-state index in [4.69, 9.17) is 0 Å². The summed E-state index contributed by atoms with van der Waals surface area (Å²) < 4.78 is 41.4. The van der Waals surface area contributed by atoms with Crippen LogP contribution in [-0.4, -0.2) is 54.2 Å². The molecular weight excluding hydrogens is 501 g/mol. The molecule has 3 aliphatic heterocycles. The van der Waals surface area contributed by atoms with Gasteiger partial charge in [-0.05, 0) is 75.0 Å². The third-order valence-corrected chi connectivity index (χ3v) is 10.4. The second-order valence-corrected chi connectivity index (χ2v) is 12.9. The van der Waals surface area contributed by atoms with E-state index in [1.165, 1.54) is 31.0 Å². The van der Waals surface area contributed by atoms with Crippen molar-refractivity contribution in [2.24, 2.45) is 23.7 Å². The van der Waals surface area contributed by atoms with Crippen LogP contribution in [0.1, 0.15) is 76.7 Å². The SMILES string of the molecule is C=C(C)C1NCC(C(=O)N2CCC3C4C(CCCC[C@@H]42)NN3c2ccc(C3CC3)cc2)CC1C(C)C(F)(F)F. The molecule has 1 amide bonds. The first-order valence-corrected chi connectivity index (χ1v) is 15.0. The maximum Gasteiger partial charge on any atom is 0.391 e. The van der Waals surface area contributed by atoms with Crippen molar-refractivity contribution in [2.45, 2.75) is 101 Å². The van der Waals surface area contributed by atoms with E-state index in [-0.39, 0.29) is 18.4 Å². The number of piperidine rings is 2. The van der Waals surface area contributed by atoms with E-state index < -0.39 is 30.0 Å². The molecule has 2 N–H and O–H groups in total. The van der Waals surface area contributed by atoms with Crippen molar-refractivity contribution in [3.63, 3.8) is 0 Å². The van der Waals surface area contributed by atoms with Crippen LogP contribution in [0.3, 0.4) is 0 Å². The quantitative estimate of drug-likeness (QED) is 0.461. The molecule has 0 aromatic heterocycles. The molecule has 39 heavy (non-hydrogen) atoms. The summed E-state index contributed by atoms with van der Waals surface area (Å²) >= 11 is 0. The van der Waals surface area contributed by atoms with Crippen LogP contribution in [0.2, 0.25) is 0 Å². The molecule has 8 atom stereocenters. The molecule has 2 saturated carbocycles. The summed E-state index contributed by atoms with van der Waals surface area (Å²) in [6.45, 7) is 8.07. The van der Waals surface area contributed by atoms with E-state index >= 15 is 0 Å². The number of nitrogens with one attached hydrogen (secondary N) is 2. The molecule has 5 aliphatic rings. The highest BCUT2D eigenvalue weighted by Crippen LogP contribution is 2.45. The van der Waals surface area contributed by atoms with Gasteiger partial charge in [-0.2, -0.15) is 13.2 Å². The molecule has 0 bridgehead atoms. The van der Waals surface area contributed by atoms with E-state index in [0.717, 1.165) is 38.0 Å². The Bertz CT molecular complexity index is 1070. The van der Waals surface area contributed by atoms with E-state index in [2.05, 4.69) is 51.5 Å². The van der Waals surface area contributed by atoms with Gasteiger partial charge in [-0.25, -0.2) is 5.43 Å². The third kappa shape index (κ3) is 5.12. The van der Waals surface area contributed by atoms with Crippen molar-refractivity contribution in [3.8, 4) is 0 Å². The lowest BCUT2D eigenvalue weighted by atomic mass is 9.74. The van der Waals surface area contributed by atoms with Gasteiger partial charge in [0, 0.05) is 37.1 Å². The number of carbonyl (C=O) groups is 1. The minimum atomic E-state index is -4.30. The van der Waals surface area contributed by atoms with Crippen molar-refractivity contribution in [1.29, 1.82) is 0 Å². The van der Waals surface area contributed by atoms with Crippen molar-refractivity contribution >= 4 is 11.6 Å². The Morgan fingerprint density at radius 2 is 1.77 bits per heavy atom. The number of amides is 1. The van der Waals surface area contributed by atoms with Crippen molar-refractivity contribution in [3.05, 3.63) is 42.0 Å². The van der Waals surface area contributed by atoms with E-state index in [0.29, 0.717) is 36.7 Å². The lowest BCUT2D eigenvalue weighted by Gasteiger charge is -2.47. The van der Waals surface area contributed by atoms with Crippen LogP contribution >= 0.6 is 0 Å². The summed E-state index contributed by atoms with van der Waals surface area (Å²) in [5.41, 5.74) is 7.16. The molecule has 6 rings (SSSR count). The summed E-state index contributed by atoms with van der Waals surface area (Å²) in [4.78, 5) is 16.1. The predicted octanol–water partition coefficient (Wildman–Crippen LogP) is 5.79. The molecule has 5 fully saturated rings. The van der Waals surface area contributed by atoms with Gasteiger partial charge in [-0.1, -0.05) is 44.1 Å². The largest absolute Gasteiger partial charge is 0.391 e. The maximum absolute atomic E-state index is 14.1. The topological polar surface area (TPSA) is 47.6 Å². The minimum Gasteiger partial charge on any atom is -0.339 e. The fourth-order valence-corrected chi connectivity index (χ4v) is 8.14. The Kier molecular flexibility index (Phi) is 7.24. The van der Waals surface area contributed by atoms with Gasteiger partial charge in [0.1, 0.15) is 0 Å². The Morgan fingerprint density at radius 3 is 2.44 bits per heavy atom. The zero-order valence-electron chi connectivity index (χ0n) is 23.2. The monoisotopic (exact) mass is 544 g/mol. The third-order valence-electron chi connectivity index (χ3n) is 10.4. The molecule has 214 valence electrons. The average Bonchev–Trinajstić information content (AvgIpc) is 3.73. The fourth-order valence-electron chi connectivity index (χ4n) is 8.14. The summed E-state index contributed by atoms with van der Waals surface area (Å²) in [6.07, 6.45) is 3.68. The van der Waals surface area contributed by atoms with Gasteiger partial charge in [0.15, 0.2) is 0 Å². The molecule has 7 unspecified atom stereocenters. The second kappa shape index (κ2) is 10.4. The zero-order chi connectivity index (χ0) is 27.5. The Labute approximate surface area is 230 Å². The number of hydrogen-bond acceptors (Lipinski definition) is 4. The zero-order valence-corrected chi connectivity index (χ0v) is 23.2. The summed E-state index contributed by atoms with van der Waals surface area (Å²) in [7, 11) is 0. The van der Waals surface area contributed by atoms with E-state index in [1.54, 1.807) is 6.92 Å². The van der Waals surface area contributed by atoms with E-state index in [1.807, 2.05) is 0 Å². The molecular formula is C31H43F3N4O. The highest BCUT2D eigenvalue weighted by molar-refractivity contribution is 5.80. The average molecular weight is 545 g/mol. The van der Waals surface area contributed by atoms with Crippen LogP contribution in [0.15, 0.2) is 36.4 Å². The van der Waals surface area contributed by atoms with E-state index in [9.17, 15) is 18.0 Å². The number of alkyl halides is 3. The predicted molar refractivity (Wildman–Crippen MR) is 147 cm³/mol. The normalized spacial score (nSPS) is 35.8. The van der Waals surface area contributed by atoms with Crippen LogP contribution < -0.4 is 15.8 Å². The van der Waals surface area contributed by atoms with Gasteiger partial charge in [0.2, 0.25) is 5.91 Å². The lowest BCUT2D eigenvalue weighted by molar-refractivity contribution is -0.189. The van der Waals surface area contributed by atoms with Crippen molar-refractivity contribution < 1.29 is 18.0 Å². The second-order valence-electron chi connectivity index (χ2n) is 12.9. The van der Waals surface area contributed by atoms with Gasteiger partial charge >= 0.3 is 6.18 Å². The number of carbonyl (C=O) groups excluding carboxylic acids is 1. The Balaban J connectivity index is 1.20. The first kappa shape index (κ1) is 27.1. The molecule has 1 aromatic rings. The minimum absolute atomic E-state index is 0.0402. The molecule has 0 spiro atoms. The number of nitrogens with zero attached hydrogens (tertiary/aromatic N) is 2. The number of hydrogen-bond donors (Lipinski definition) is 2. The number of benzene rings is 1. The first-order valence-electron chi connectivity index (χ1n) is 15.0. The van der Waals surface area contributed by atoms with Crippen LogP contribution in [0.5, 0.6) is 0 Å². The van der Waals surface area contributed by atoms with Crippen molar-refractivity contribution in [2.75, 3.05) is 18.1 Å². The van der Waals surface area contributed by atoms with Gasteiger partial charge in [-0.15, -0.1) is 0 Å². The van der Waals surface area contributed by atoms with Crippen LogP contribution in [0, 0.1) is 23.7 Å². The maximum atomic E-state index is 14.1. The number of rotatable bonds is 5. The van der Waals surface area contributed by atoms with Gasteiger partial charge in [0.25, 0.3) is 0 Å². The fraction of sp³-hybridized carbons (Fsp3) is 0.710. The molecule has 2 aliphatic carbocycles. The number of hydrazine groups is 1. The number of likely N-dealkylation sites (tertiary alicyclic amines) is 1. The summed E-state index contributed by atoms with van der Waals surface area (Å²) in [6, 6.07) is 9.37. The molecule has 3 heterocycles. The summed E-state index contributed by atoms with van der Waals surface area (Å²) in [5, 5.41) is 5.65. The first-order chi connectivity index (χ1) is 18.6. The summed E-state index contributed by atoms with van der Waals surface area (Å²) in [5.74, 6) is -1.51. The number of anilines is 1. The molecule has 8 heteroatoms. The van der Waals surface area contributed by atoms with Crippen LogP contribution in [0.25, 0.3) is 0 Å². The smallest absolute Gasteiger partial charge is 0.339 e. The van der Waals surface area contributed by atoms with Crippen LogP contribution in [0.4, 0.5) is 18.9 Å². The highest BCUT2D eigenvalue weighted by Gasteiger charge is 2.53. The van der Waals surface area contributed by atoms with Crippen LogP contribution in [-0.2, 0) is 4.79 Å².